The number of hydrogen-bond acceptors (Lipinski definition) is 4. The summed E-state index contributed by atoms with van der Waals surface area (Å²) in [5.41, 5.74) is 5.74. The molecule has 0 spiro atoms. The average Bonchev–Trinajstić information content (AvgIpc) is 2.86. The molecule has 6 heteroatoms. The van der Waals surface area contributed by atoms with Crippen molar-refractivity contribution in [1.29, 1.82) is 0 Å². The summed E-state index contributed by atoms with van der Waals surface area (Å²) in [6.07, 6.45) is 1.44. The highest BCUT2D eigenvalue weighted by molar-refractivity contribution is 9.10. The zero-order valence-corrected chi connectivity index (χ0v) is 13.4. The van der Waals surface area contributed by atoms with Crippen LogP contribution in [-0.2, 0) is 4.79 Å². The van der Waals surface area contributed by atoms with Crippen LogP contribution < -0.4 is 10.7 Å². The van der Waals surface area contributed by atoms with E-state index in [1.54, 1.807) is 12.1 Å². The summed E-state index contributed by atoms with van der Waals surface area (Å²) >= 11 is 3.19. The Hall–Kier alpha value is -2.08. The zero-order chi connectivity index (χ0) is 15.2. The van der Waals surface area contributed by atoms with Crippen molar-refractivity contribution in [2.45, 2.75) is 13.8 Å². The number of amides is 1. The van der Waals surface area contributed by atoms with Crippen molar-refractivity contribution < 1.29 is 9.21 Å². The van der Waals surface area contributed by atoms with Gasteiger partial charge in [0.05, 0.1) is 12.8 Å². The van der Waals surface area contributed by atoms with Crippen LogP contribution in [0.15, 0.2) is 44.5 Å². The molecular weight excluding hydrogens is 334 g/mol. The van der Waals surface area contributed by atoms with Crippen LogP contribution in [0.3, 0.4) is 0 Å². The Balaban J connectivity index is 1.79. The molecule has 21 heavy (non-hydrogen) atoms. The number of halogens is 1. The molecule has 1 aromatic carbocycles. The van der Waals surface area contributed by atoms with E-state index in [0.29, 0.717) is 10.4 Å². The highest BCUT2D eigenvalue weighted by Gasteiger charge is 2.01. The minimum absolute atomic E-state index is 0.154. The number of anilines is 1. The van der Waals surface area contributed by atoms with Crippen LogP contribution in [0.5, 0.6) is 0 Å². The van der Waals surface area contributed by atoms with Gasteiger partial charge in [-0.1, -0.05) is 6.07 Å². The Morgan fingerprint density at radius 3 is 2.76 bits per heavy atom. The van der Waals surface area contributed by atoms with Gasteiger partial charge in [0, 0.05) is 5.69 Å². The summed E-state index contributed by atoms with van der Waals surface area (Å²) in [6.45, 7) is 4.24. The van der Waals surface area contributed by atoms with Crippen LogP contribution in [0.2, 0.25) is 0 Å². The van der Waals surface area contributed by atoms with E-state index in [9.17, 15) is 4.79 Å². The molecule has 1 heterocycles. The molecule has 1 aromatic heterocycles. The molecule has 0 bridgehead atoms. The molecule has 0 saturated heterocycles. The molecule has 2 rings (SSSR count). The minimum atomic E-state index is -0.227. The van der Waals surface area contributed by atoms with Gasteiger partial charge in [0.1, 0.15) is 5.76 Å². The Morgan fingerprint density at radius 2 is 2.10 bits per heavy atom. The first-order chi connectivity index (χ1) is 10.0. The molecule has 1 amide bonds. The number of hydrogen-bond donors (Lipinski definition) is 2. The molecule has 0 saturated carbocycles. The maximum atomic E-state index is 11.6. The van der Waals surface area contributed by atoms with Gasteiger partial charge in [0.15, 0.2) is 4.67 Å². The molecule has 0 aliphatic carbocycles. The van der Waals surface area contributed by atoms with Gasteiger partial charge >= 0.3 is 0 Å². The molecule has 0 fully saturated rings. The van der Waals surface area contributed by atoms with Crippen LogP contribution in [0, 0.1) is 13.8 Å². The number of nitrogens with zero attached hydrogens (tertiary/aromatic N) is 1. The highest BCUT2D eigenvalue weighted by Crippen LogP contribution is 2.13. The monoisotopic (exact) mass is 349 g/mol. The third kappa shape index (κ3) is 4.75. The van der Waals surface area contributed by atoms with Crippen LogP contribution in [0.1, 0.15) is 16.9 Å². The summed E-state index contributed by atoms with van der Waals surface area (Å²) in [4.78, 5) is 11.6. The lowest BCUT2D eigenvalue weighted by molar-refractivity contribution is -0.119. The number of aryl methyl sites for hydroxylation is 2. The first kappa shape index (κ1) is 15.3. The van der Waals surface area contributed by atoms with E-state index in [2.05, 4.69) is 31.8 Å². The number of carbonyl (C=O) groups excluding carboxylic acids is 1. The largest absolute Gasteiger partial charge is 0.448 e. The van der Waals surface area contributed by atoms with E-state index in [-0.39, 0.29) is 12.5 Å². The third-order valence-electron chi connectivity index (χ3n) is 2.94. The molecular formula is C15H16BrN3O2. The van der Waals surface area contributed by atoms with Crippen LogP contribution in [-0.4, -0.2) is 18.7 Å². The lowest BCUT2D eigenvalue weighted by Gasteiger charge is -2.07. The molecule has 110 valence electrons. The van der Waals surface area contributed by atoms with Gasteiger partial charge in [0.2, 0.25) is 0 Å². The maximum absolute atomic E-state index is 11.6. The quantitative estimate of drug-likeness (QED) is 0.643. The van der Waals surface area contributed by atoms with Gasteiger partial charge in [-0.2, -0.15) is 5.10 Å². The lowest BCUT2D eigenvalue weighted by Crippen LogP contribution is -2.25. The maximum Gasteiger partial charge on any atom is 0.259 e. The van der Waals surface area contributed by atoms with Crippen molar-refractivity contribution in [1.82, 2.24) is 5.43 Å². The summed E-state index contributed by atoms with van der Waals surface area (Å²) in [6, 6.07) is 9.46. The van der Waals surface area contributed by atoms with Crippen molar-refractivity contribution in [2.75, 3.05) is 11.9 Å². The first-order valence-corrected chi connectivity index (χ1v) is 7.22. The van der Waals surface area contributed by atoms with Crippen LogP contribution in [0.4, 0.5) is 5.69 Å². The number of rotatable bonds is 5. The number of furan rings is 1. The Bertz CT molecular complexity index is 665. The Kier molecular flexibility index (Phi) is 5.16. The molecule has 0 radical (unpaired) electrons. The summed E-state index contributed by atoms with van der Waals surface area (Å²) in [5, 5.41) is 6.87. The summed E-state index contributed by atoms with van der Waals surface area (Å²) in [7, 11) is 0. The van der Waals surface area contributed by atoms with Crippen LogP contribution in [0.25, 0.3) is 0 Å². The summed E-state index contributed by atoms with van der Waals surface area (Å²) < 4.78 is 5.84. The zero-order valence-electron chi connectivity index (χ0n) is 11.8. The van der Waals surface area contributed by atoms with E-state index in [1.165, 1.54) is 17.3 Å². The van der Waals surface area contributed by atoms with Gasteiger partial charge in [-0.15, -0.1) is 0 Å². The Morgan fingerprint density at radius 1 is 1.29 bits per heavy atom. The highest BCUT2D eigenvalue weighted by atomic mass is 79.9. The fraction of sp³-hybridized carbons (Fsp3) is 0.200. The second kappa shape index (κ2) is 7.08. The molecule has 0 atom stereocenters. The third-order valence-corrected chi connectivity index (χ3v) is 3.36. The molecule has 5 nitrogen and oxygen atoms in total. The van der Waals surface area contributed by atoms with Crippen molar-refractivity contribution in [3.63, 3.8) is 0 Å². The minimum Gasteiger partial charge on any atom is -0.448 e. The van der Waals surface area contributed by atoms with Gasteiger partial charge in [0.25, 0.3) is 5.91 Å². The molecule has 2 N–H and O–H groups in total. The smallest absolute Gasteiger partial charge is 0.259 e. The first-order valence-electron chi connectivity index (χ1n) is 6.43. The van der Waals surface area contributed by atoms with Gasteiger partial charge < -0.3 is 9.73 Å². The van der Waals surface area contributed by atoms with Crippen molar-refractivity contribution in [3.05, 3.63) is 51.9 Å². The van der Waals surface area contributed by atoms with Gasteiger partial charge in [-0.3, -0.25) is 4.79 Å². The van der Waals surface area contributed by atoms with Crippen molar-refractivity contribution >= 4 is 33.7 Å². The topological polar surface area (TPSA) is 66.6 Å². The number of carbonyl (C=O) groups is 1. The SMILES string of the molecule is Cc1ccc(NCC(=O)N/N=C\c2ccc(Br)o2)cc1C. The Labute approximate surface area is 131 Å². The normalized spacial score (nSPS) is 10.8. The predicted molar refractivity (Wildman–Crippen MR) is 86.6 cm³/mol. The van der Waals surface area contributed by atoms with Crippen LogP contribution >= 0.6 is 15.9 Å². The fourth-order valence-corrected chi connectivity index (χ4v) is 1.96. The molecule has 0 aliphatic heterocycles. The van der Waals surface area contributed by atoms with E-state index < -0.39 is 0 Å². The van der Waals surface area contributed by atoms with Crippen molar-refractivity contribution in [2.24, 2.45) is 5.10 Å². The van der Waals surface area contributed by atoms with E-state index in [0.717, 1.165) is 5.69 Å². The van der Waals surface area contributed by atoms with E-state index in [1.807, 2.05) is 32.0 Å². The van der Waals surface area contributed by atoms with E-state index in [4.69, 9.17) is 4.42 Å². The standard InChI is InChI=1S/C15H16BrN3O2/c1-10-3-4-12(7-11(10)2)17-9-15(20)19-18-8-13-5-6-14(16)21-13/h3-8,17H,9H2,1-2H3,(H,19,20)/b18-8-. The summed E-state index contributed by atoms with van der Waals surface area (Å²) in [5.74, 6) is 0.333. The second-order valence-corrected chi connectivity index (χ2v) is 5.37. The predicted octanol–water partition coefficient (Wildman–Crippen LogP) is 3.22. The lowest BCUT2D eigenvalue weighted by atomic mass is 10.1. The van der Waals surface area contributed by atoms with E-state index >= 15 is 0 Å². The number of nitrogens with one attached hydrogen (secondary N) is 2. The fourth-order valence-electron chi connectivity index (χ4n) is 1.64. The average molecular weight is 350 g/mol. The van der Waals surface area contributed by atoms with Crippen molar-refractivity contribution in [3.8, 4) is 0 Å². The molecule has 0 aliphatic rings. The molecule has 0 unspecified atom stereocenters. The molecule has 2 aromatic rings. The second-order valence-electron chi connectivity index (χ2n) is 4.59. The number of benzene rings is 1. The number of hydrazone groups is 1. The van der Waals surface area contributed by atoms with Gasteiger partial charge in [-0.05, 0) is 65.2 Å². The van der Waals surface area contributed by atoms with Gasteiger partial charge in [-0.25, -0.2) is 5.43 Å².